The van der Waals surface area contributed by atoms with E-state index in [0.29, 0.717) is 41.9 Å². The van der Waals surface area contributed by atoms with Gasteiger partial charge in [0.05, 0.1) is 17.7 Å². The lowest BCUT2D eigenvalue weighted by atomic mass is 9.77. The third kappa shape index (κ3) is 9.39. The molecular formula is C53H59ClF2N8O7. The molecule has 5 amide bonds. The number of methoxy groups -OCH3 is 1. The zero-order chi connectivity index (χ0) is 49.6. The van der Waals surface area contributed by atoms with Crippen LogP contribution >= 0.6 is 11.6 Å². The molecule has 15 nitrogen and oxygen atoms in total. The van der Waals surface area contributed by atoms with E-state index in [9.17, 15) is 19.2 Å². The molecule has 1 aromatic heterocycles. The lowest BCUT2D eigenvalue weighted by Crippen LogP contribution is -2.49. The number of likely N-dealkylation sites (tertiary alicyclic amines) is 1. The number of halogens is 3. The van der Waals surface area contributed by atoms with Gasteiger partial charge in [-0.3, -0.25) is 29.5 Å². The number of nitrogens with zero attached hydrogens (tertiary/aromatic N) is 5. The average molecular weight is 994 g/mol. The van der Waals surface area contributed by atoms with Gasteiger partial charge in [0.1, 0.15) is 17.1 Å². The number of oxazole rings is 1. The minimum atomic E-state index is -1.07. The van der Waals surface area contributed by atoms with E-state index in [-0.39, 0.29) is 63.4 Å². The number of nitrogens with two attached hydrogens (primary N) is 1. The van der Waals surface area contributed by atoms with Gasteiger partial charge in [0.15, 0.2) is 22.8 Å². The number of aromatic nitrogens is 1. The Bertz CT molecular complexity index is 2840. The SMILES string of the molecule is COc1ccc(C(N)=O)c(-c2c(Cl)c(F)cc3c2C(C)C(CNC2CCC(C(=O)N4CCC(CCN5CCN(c6nc7ccc(N8CCC(=O)NC8=O)cc7o6)CC5)CC4)CC2)(c2ccccc2)O3)c1F. The largest absolute Gasteiger partial charge is 0.494 e. The van der Waals surface area contributed by atoms with Gasteiger partial charge in [0, 0.05) is 111 Å². The van der Waals surface area contributed by atoms with Crippen LogP contribution in [0.5, 0.6) is 11.5 Å². The Hall–Kier alpha value is -6.30. The molecule has 0 bridgehead atoms. The van der Waals surface area contributed by atoms with E-state index in [2.05, 4.69) is 25.3 Å². The lowest BCUT2D eigenvalue weighted by molar-refractivity contribution is -0.138. The molecule has 2 unspecified atom stereocenters. The van der Waals surface area contributed by atoms with Gasteiger partial charge in [-0.1, -0.05) is 48.9 Å². The van der Waals surface area contributed by atoms with Crippen LogP contribution in [0.2, 0.25) is 5.02 Å². The van der Waals surface area contributed by atoms with E-state index in [1.165, 1.54) is 30.2 Å². The Balaban J connectivity index is 0.707. The number of urea groups is 1. The highest BCUT2D eigenvalue weighted by Crippen LogP contribution is 2.56. The number of rotatable bonds is 13. The summed E-state index contributed by atoms with van der Waals surface area (Å²) in [6.07, 6.45) is 6.45. The van der Waals surface area contributed by atoms with E-state index < -0.39 is 35.1 Å². The number of carbonyl (C=O) groups is 4. The number of hydrogen-bond donors (Lipinski definition) is 3. The molecule has 3 saturated heterocycles. The predicted octanol–water partition coefficient (Wildman–Crippen LogP) is 7.97. The van der Waals surface area contributed by atoms with Gasteiger partial charge in [0.25, 0.3) is 6.01 Å². The van der Waals surface area contributed by atoms with Crippen LogP contribution in [0.25, 0.3) is 22.2 Å². The molecular weight excluding hydrogens is 934 g/mol. The number of benzene rings is 4. The first kappa shape index (κ1) is 48.3. The molecule has 71 heavy (non-hydrogen) atoms. The molecule has 5 aliphatic rings. The predicted molar refractivity (Wildman–Crippen MR) is 265 cm³/mol. The Morgan fingerprint density at radius 3 is 2.38 bits per heavy atom. The number of piperidine rings is 1. The van der Waals surface area contributed by atoms with Crippen molar-refractivity contribution in [2.75, 3.05) is 75.8 Å². The molecule has 4 fully saturated rings. The molecule has 0 spiro atoms. The van der Waals surface area contributed by atoms with Crippen molar-refractivity contribution in [1.29, 1.82) is 0 Å². The van der Waals surface area contributed by atoms with Gasteiger partial charge in [-0.2, -0.15) is 4.98 Å². The summed E-state index contributed by atoms with van der Waals surface area (Å²) in [5.74, 6) is -2.57. The van der Waals surface area contributed by atoms with E-state index in [4.69, 9.17) is 36.2 Å². The van der Waals surface area contributed by atoms with Gasteiger partial charge in [0.2, 0.25) is 17.7 Å². The van der Waals surface area contributed by atoms with Crippen LogP contribution < -0.4 is 35.6 Å². The van der Waals surface area contributed by atoms with Crippen molar-refractivity contribution in [3.63, 3.8) is 0 Å². The van der Waals surface area contributed by atoms with Gasteiger partial charge in [-0.25, -0.2) is 13.6 Å². The summed E-state index contributed by atoms with van der Waals surface area (Å²) >= 11 is 6.70. The summed E-state index contributed by atoms with van der Waals surface area (Å²) in [5.41, 5.74) is 7.53. The van der Waals surface area contributed by atoms with Crippen molar-refractivity contribution >= 4 is 58.2 Å². The Labute approximate surface area is 415 Å². The first-order valence-electron chi connectivity index (χ1n) is 24.8. The van der Waals surface area contributed by atoms with Crippen LogP contribution in [0.4, 0.5) is 25.3 Å². The summed E-state index contributed by atoms with van der Waals surface area (Å²) in [4.78, 5) is 63.6. The highest BCUT2D eigenvalue weighted by atomic mass is 35.5. The average Bonchev–Trinajstić information content (AvgIpc) is 3.94. The molecule has 5 aromatic rings. The van der Waals surface area contributed by atoms with Gasteiger partial charge < -0.3 is 34.7 Å². The Morgan fingerprint density at radius 2 is 1.68 bits per heavy atom. The van der Waals surface area contributed by atoms with Crippen molar-refractivity contribution in [3.8, 4) is 22.6 Å². The fourth-order valence-corrected chi connectivity index (χ4v) is 11.7. The van der Waals surface area contributed by atoms with E-state index in [1.54, 1.807) is 6.07 Å². The topological polar surface area (TPSA) is 176 Å². The minimum absolute atomic E-state index is 0.00103. The van der Waals surface area contributed by atoms with E-state index in [0.717, 1.165) is 102 Å². The number of primary amides is 1. The zero-order valence-corrected chi connectivity index (χ0v) is 40.7. The standard InChI is InChI=1S/C53H59ClF2N8O7/c1-31-44-42(29-38(55)47(54)46(44)45-37(49(57)66)13-15-40(69-2)48(45)56)71-53(31,34-6-4-3-5-7-34)30-58-35-10-8-33(9-11-35)50(67)62-21-17-32(18-22-62)16-20-61-24-26-63(27-25-61)52-59-39-14-12-36(28-41(39)70-52)64-23-19-43(65)60-51(64)68/h3-7,12-15,28-29,31-33,35,58H,8-11,16-27,30H2,1-2H3,(H2,57,66)(H,60,65,68). The summed E-state index contributed by atoms with van der Waals surface area (Å²) in [5, 5.41) is 5.76. The van der Waals surface area contributed by atoms with Crippen LogP contribution in [0.3, 0.4) is 0 Å². The second-order valence-electron chi connectivity index (χ2n) is 19.6. The van der Waals surface area contributed by atoms with Crippen molar-refractivity contribution in [2.24, 2.45) is 17.6 Å². The number of anilines is 2. The summed E-state index contributed by atoms with van der Waals surface area (Å²) in [6, 6.07) is 19.2. The maximum Gasteiger partial charge on any atom is 0.328 e. The third-order valence-corrected chi connectivity index (χ3v) is 16.0. The number of nitrogens with one attached hydrogen (secondary N) is 2. The maximum atomic E-state index is 16.2. The third-order valence-electron chi connectivity index (χ3n) is 15.6. The molecule has 5 heterocycles. The summed E-state index contributed by atoms with van der Waals surface area (Å²) in [7, 11) is 1.30. The van der Waals surface area contributed by atoms with Crippen molar-refractivity contribution in [2.45, 2.75) is 75.9 Å². The zero-order valence-electron chi connectivity index (χ0n) is 40.0. The molecule has 2 atom stereocenters. The Morgan fingerprint density at radius 1 is 0.930 bits per heavy atom. The van der Waals surface area contributed by atoms with Gasteiger partial charge >= 0.3 is 6.03 Å². The molecule has 1 aliphatic carbocycles. The molecule has 0 radical (unpaired) electrons. The summed E-state index contributed by atoms with van der Waals surface area (Å²) in [6.45, 7) is 8.52. The van der Waals surface area contributed by atoms with E-state index in [1.807, 2.05) is 49.4 Å². The first-order valence-corrected chi connectivity index (χ1v) is 25.1. The maximum absolute atomic E-state index is 16.2. The van der Waals surface area contributed by atoms with Crippen molar-refractivity contribution < 1.29 is 41.8 Å². The molecule has 4 aliphatic heterocycles. The van der Waals surface area contributed by atoms with Gasteiger partial charge in [-0.05, 0) is 87.2 Å². The molecule has 374 valence electrons. The second-order valence-corrected chi connectivity index (χ2v) is 20.0. The second kappa shape index (κ2) is 20.1. The Kier molecular flexibility index (Phi) is 13.7. The van der Waals surface area contributed by atoms with Crippen LogP contribution in [0.1, 0.15) is 85.7 Å². The number of imide groups is 1. The first-order chi connectivity index (χ1) is 34.3. The quantitative estimate of drug-likeness (QED) is 0.104. The molecule has 4 aromatic carbocycles. The lowest BCUT2D eigenvalue weighted by Gasteiger charge is -2.39. The van der Waals surface area contributed by atoms with Crippen LogP contribution in [-0.2, 0) is 15.2 Å². The highest BCUT2D eigenvalue weighted by molar-refractivity contribution is 6.34. The van der Waals surface area contributed by atoms with E-state index >= 15 is 8.78 Å². The molecule has 1 saturated carbocycles. The minimum Gasteiger partial charge on any atom is -0.494 e. The fraction of sp³-hybridized carbons (Fsp3) is 0.453. The normalized spacial score (nSPS) is 23.2. The van der Waals surface area contributed by atoms with Crippen LogP contribution in [0, 0.1) is 23.5 Å². The summed E-state index contributed by atoms with van der Waals surface area (Å²) < 4.78 is 50.2. The van der Waals surface area contributed by atoms with Crippen molar-refractivity contribution in [3.05, 3.63) is 100 Å². The number of fused-ring (bicyclic) bond motifs is 2. The number of amides is 5. The van der Waals surface area contributed by atoms with Crippen LogP contribution in [-0.4, -0.2) is 111 Å². The van der Waals surface area contributed by atoms with Crippen molar-refractivity contribution in [1.82, 2.24) is 25.4 Å². The highest BCUT2D eigenvalue weighted by Gasteiger charge is 2.50. The van der Waals surface area contributed by atoms with Gasteiger partial charge in [-0.15, -0.1) is 0 Å². The smallest absolute Gasteiger partial charge is 0.328 e. The molecule has 10 rings (SSSR count). The number of hydrogen-bond acceptors (Lipinski definition) is 11. The number of ether oxygens (including phenoxy) is 2. The fourth-order valence-electron chi connectivity index (χ4n) is 11.5. The molecule has 18 heteroatoms. The number of carbonyl (C=O) groups excluding carboxylic acids is 4. The monoisotopic (exact) mass is 992 g/mol. The molecule has 4 N–H and O–H groups in total. The van der Waals surface area contributed by atoms with Crippen LogP contribution in [0.15, 0.2) is 71.1 Å². The number of piperazine rings is 1.